The average Bonchev–Trinajstić information content (AvgIpc) is 2.91. The Bertz CT molecular complexity index is 692. The van der Waals surface area contributed by atoms with Crippen LogP contribution in [-0.2, 0) is 0 Å². The van der Waals surface area contributed by atoms with Crippen molar-refractivity contribution in [2.45, 2.75) is 31.7 Å². The number of hydrogen-bond acceptors (Lipinski definition) is 4. The van der Waals surface area contributed by atoms with Crippen LogP contribution in [0.4, 0.5) is 15.8 Å². The smallest absolute Gasteiger partial charge is 0.219 e. The van der Waals surface area contributed by atoms with E-state index in [0.29, 0.717) is 17.1 Å². The van der Waals surface area contributed by atoms with Crippen LogP contribution in [0.5, 0.6) is 0 Å². The summed E-state index contributed by atoms with van der Waals surface area (Å²) in [5.41, 5.74) is 8.67. The standard InChI is InChI=1S/C16H20FN5/c1-19-10-6-7-11-13(9-10)20-8-4-2-3-5-12(18)16-21-14(11)15(17)22-16/h6-9,12,19H,2-5,18H2,1H3,(H,21,22)/b20-8+. The number of aromatic nitrogens is 2. The highest BCUT2D eigenvalue weighted by molar-refractivity contribution is 5.80. The molecule has 6 heteroatoms. The van der Waals surface area contributed by atoms with Gasteiger partial charge in [-0.2, -0.15) is 4.39 Å². The molecule has 2 heterocycles. The molecule has 0 amide bonds. The fourth-order valence-corrected chi connectivity index (χ4v) is 2.62. The monoisotopic (exact) mass is 301 g/mol. The highest BCUT2D eigenvalue weighted by atomic mass is 19.1. The molecule has 1 aliphatic rings. The molecule has 116 valence electrons. The third-order valence-corrected chi connectivity index (χ3v) is 3.90. The predicted molar refractivity (Wildman–Crippen MR) is 87.1 cm³/mol. The lowest BCUT2D eigenvalue weighted by atomic mass is 10.1. The van der Waals surface area contributed by atoms with E-state index in [2.05, 4.69) is 20.3 Å². The zero-order chi connectivity index (χ0) is 15.5. The Morgan fingerprint density at radius 1 is 1.36 bits per heavy atom. The van der Waals surface area contributed by atoms with Crippen LogP contribution >= 0.6 is 0 Å². The molecule has 4 N–H and O–H groups in total. The third-order valence-electron chi connectivity index (χ3n) is 3.90. The summed E-state index contributed by atoms with van der Waals surface area (Å²) in [4.78, 5) is 11.6. The molecule has 1 unspecified atom stereocenters. The molecule has 0 saturated carbocycles. The third kappa shape index (κ3) is 2.87. The van der Waals surface area contributed by atoms with Crippen molar-refractivity contribution >= 4 is 17.6 Å². The molecule has 1 aliphatic heterocycles. The van der Waals surface area contributed by atoms with Crippen molar-refractivity contribution in [1.82, 2.24) is 9.97 Å². The summed E-state index contributed by atoms with van der Waals surface area (Å²) in [7, 11) is 1.84. The molecule has 0 saturated heterocycles. The normalized spacial score (nSPS) is 19.7. The molecule has 0 spiro atoms. The van der Waals surface area contributed by atoms with Crippen LogP contribution in [-0.4, -0.2) is 23.2 Å². The minimum atomic E-state index is -0.460. The van der Waals surface area contributed by atoms with E-state index in [4.69, 9.17) is 5.73 Å². The van der Waals surface area contributed by atoms with E-state index < -0.39 is 5.95 Å². The molecule has 5 nitrogen and oxygen atoms in total. The largest absolute Gasteiger partial charge is 0.388 e. The molecule has 22 heavy (non-hydrogen) atoms. The Hall–Kier alpha value is -2.21. The minimum absolute atomic E-state index is 0.264. The predicted octanol–water partition coefficient (Wildman–Crippen LogP) is 3.53. The topological polar surface area (TPSA) is 79.1 Å². The second-order valence-electron chi connectivity index (χ2n) is 5.47. The average molecular weight is 301 g/mol. The van der Waals surface area contributed by atoms with Crippen molar-refractivity contribution < 1.29 is 4.39 Å². The Morgan fingerprint density at radius 3 is 3.05 bits per heavy atom. The lowest BCUT2D eigenvalue weighted by molar-refractivity contribution is 0.552. The first-order valence-corrected chi connectivity index (χ1v) is 7.54. The van der Waals surface area contributed by atoms with Gasteiger partial charge in [-0.25, -0.2) is 4.98 Å². The van der Waals surface area contributed by atoms with E-state index in [0.717, 1.165) is 31.4 Å². The highest BCUT2D eigenvalue weighted by Gasteiger charge is 2.19. The second kappa shape index (κ2) is 6.27. The summed E-state index contributed by atoms with van der Waals surface area (Å²) in [6.45, 7) is 0. The molecule has 0 fully saturated rings. The van der Waals surface area contributed by atoms with Crippen LogP contribution in [0.2, 0.25) is 0 Å². The SMILES string of the molecule is CNc1ccc2c(c1)/N=C/CCCCC(N)c1nc-2c(F)[nH]1. The summed E-state index contributed by atoms with van der Waals surface area (Å²) in [5.74, 6) is 0.0408. The molecular weight excluding hydrogens is 281 g/mol. The summed E-state index contributed by atoms with van der Waals surface area (Å²) in [6, 6.07) is 5.35. The van der Waals surface area contributed by atoms with Gasteiger partial charge in [-0.05, 0) is 37.5 Å². The number of halogens is 1. The molecule has 3 rings (SSSR count). The van der Waals surface area contributed by atoms with Crippen LogP contribution in [0, 0.1) is 5.95 Å². The Labute approximate surface area is 128 Å². The number of nitrogens with two attached hydrogens (primary N) is 1. The van der Waals surface area contributed by atoms with Gasteiger partial charge in [0.1, 0.15) is 11.5 Å². The Kier molecular flexibility index (Phi) is 4.20. The molecule has 0 radical (unpaired) electrons. The van der Waals surface area contributed by atoms with Crippen molar-refractivity contribution in [3.05, 3.63) is 30.0 Å². The van der Waals surface area contributed by atoms with E-state index >= 15 is 0 Å². The van der Waals surface area contributed by atoms with Crippen LogP contribution in [0.1, 0.15) is 37.5 Å². The highest BCUT2D eigenvalue weighted by Crippen LogP contribution is 2.34. The summed E-state index contributed by atoms with van der Waals surface area (Å²) in [5, 5.41) is 3.07. The molecule has 2 bridgehead atoms. The first-order valence-electron chi connectivity index (χ1n) is 7.54. The zero-order valence-corrected chi connectivity index (χ0v) is 12.6. The number of benzene rings is 1. The summed E-state index contributed by atoms with van der Waals surface area (Å²) >= 11 is 0. The van der Waals surface area contributed by atoms with Gasteiger partial charge in [0.25, 0.3) is 0 Å². The van der Waals surface area contributed by atoms with Gasteiger partial charge in [0.05, 0.1) is 11.7 Å². The van der Waals surface area contributed by atoms with E-state index in [1.165, 1.54) is 0 Å². The maximum atomic E-state index is 14.3. The van der Waals surface area contributed by atoms with Gasteiger partial charge < -0.3 is 16.0 Å². The van der Waals surface area contributed by atoms with Gasteiger partial charge in [0.15, 0.2) is 0 Å². The van der Waals surface area contributed by atoms with Gasteiger partial charge in [-0.3, -0.25) is 4.99 Å². The summed E-state index contributed by atoms with van der Waals surface area (Å²) in [6.07, 6.45) is 5.53. The number of aliphatic imine (C=N–C) groups is 1. The molecule has 1 aromatic carbocycles. The maximum Gasteiger partial charge on any atom is 0.219 e. The number of hydrogen-bond donors (Lipinski definition) is 3. The van der Waals surface area contributed by atoms with E-state index in [1.807, 2.05) is 31.5 Å². The van der Waals surface area contributed by atoms with Crippen molar-refractivity contribution in [3.8, 4) is 11.3 Å². The van der Waals surface area contributed by atoms with Gasteiger partial charge in [-0.15, -0.1) is 0 Å². The van der Waals surface area contributed by atoms with Gasteiger partial charge in [0.2, 0.25) is 5.95 Å². The van der Waals surface area contributed by atoms with Crippen LogP contribution in [0.3, 0.4) is 0 Å². The van der Waals surface area contributed by atoms with E-state index in [1.54, 1.807) is 0 Å². The molecule has 1 aromatic heterocycles. The van der Waals surface area contributed by atoms with E-state index in [9.17, 15) is 4.39 Å². The summed E-state index contributed by atoms with van der Waals surface area (Å²) < 4.78 is 14.3. The van der Waals surface area contributed by atoms with Crippen LogP contribution < -0.4 is 11.1 Å². The molecule has 1 atom stereocenters. The van der Waals surface area contributed by atoms with Crippen molar-refractivity contribution in [2.75, 3.05) is 12.4 Å². The zero-order valence-electron chi connectivity index (χ0n) is 12.6. The number of aromatic amines is 1. The minimum Gasteiger partial charge on any atom is -0.388 e. The number of nitrogens with one attached hydrogen (secondary N) is 2. The van der Waals surface area contributed by atoms with Gasteiger partial charge >= 0.3 is 0 Å². The fourth-order valence-electron chi connectivity index (χ4n) is 2.62. The number of nitrogens with zero attached hydrogens (tertiary/aromatic N) is 2. The molecule has 0 aliphatic carbocycles. The molecule has 2 aromatic rings. The van der Waals surface area contributed by atoms with Crippen molar-refractivity contribution in [2.24, 2.45) is 10.7 Å². The van der Waals surface area contributed by atoms with Gasteiger partial charge in [0, 0.05) is 24.5 Å². The number of H-pyrrole nitrogens is 1. The van der Waals surface area contributed by atoms with Gasteiger partial charge in [-0.1, -0.05) is 6.42 Å². The quantitative estimate of drug-likeness (QED) is 0.754. The lowest BCUT2D eigenvalue weighted by Gasteiger charge is -2.09. The Balaban J connectivity index is 2.13. The first kappa shape index (κ1) is 14.7. The van der Waals surface area contributed by atoms with Crippen molar-refractivity contribution in [1.29, 1.82) is 0 Å². The first-order chi connectivity index (χ1) is 10.7. The maximum absolute atomic E-state index is 14.3. The lowest BCUT2D eigenvalue weighted by Crippen LogP contribution is -2.12. The second-order valence-corrected chi connectivity index (χ2v) is 5.47. The van der Waals surface area contributed by atoms with Crippen molar-refractivity contribution in [3.63, 3.8) is 0 Å². The van der Waals surface area contributed by atoms with E-state index in [-0.39, 0.29) is 11.7 Å². The number of fused-ring (bicyclic) bond motifs is 4. The molecular formula is C16H20FN5. The fraction of sp³-hybridized carbons (Fsp3) is 0.375. The number of anilines is 1. The number of rotatable bonds is 1. The number of imidazole rings is 1. The van der Waals surface area contributed by atoms with Crippen LogP contribution in [0.15, 0.2) is 23.2 Å². The Morgan fingerprint density at radius 2 is 2.23 bits per heavy atom. The van der Waals surface area contributed by atoms with Crippen LogP contribution in [0.25, 0.3) is 11.3 Å².